The van der Waals surface area contributed by atoms with Crippen LogP contribution in [0.2, 0.25) is 0 Å². The third-order valence-corrected chi connectivity index (χ3v) is 2.65. The number of hydrogen-bond donors (Lipinski definition) is 0. The van der Waals surface area contributed by atoms with Crippen molar-refractivity contribution in [3.63, 3.8) is 0 Å². The minimum atomic E-state index is 0.325. The molecule has 0 amide bonds. The van der Waals surface area contributed by atoms with E-state index in [1.54, 1.807) is 29.1 Å². The molecular weight excluding hydrogens is 252 g/mol. The Labute approximate surface area is 115 Å². The highest BCUT2D eigenvalue weighted by Crippen LogP contribution is 2.22. The maximum atomic E-state index is 8.82. The molecule has 20 heavy (non-hydrogen) atoms. The largest absolute Gasteiger partial charge is 0.439 e. The molecule has 5 heteroatoms. The van der Waals surface area contributed by atoms with E-state index in [1.165, 1.54) is 0 Å². The smallest absolute Gasteiger partial charge is 0.220 e. The van der Waals surface area contributed by atoms with Gasteiger partial charge >= 0.3 is 0 Å². The van der Waals surface area contributed by atoms with Crippen LogP contribution in [0, 0.1) is 11.3 Å². The van der Waals surface area contributed by atoms with Crippen LogP contribution in [0.25, 0.3) is 5.69 Å². The summed E-state index contributed by atoms with van der Waals surface area (Å²) < 4.78 is 7.40. The molecule has 0 atom stereocenters. The fourth-order valence-electron chi connectivity index (χ4n) is 1.77. The number of rotatable bonds is 3. The van der Waals surface area contributed by atoms with E-state index in [2.05, 4.69) is 10.1 Å². The van der Waals surface area contributed by atoms with E-state index in [4.69, 9.17) is 10.00 Å². The van der Waals surface area contributed by atoms with Gasteiger partial charge in [-0.15, -0.1) is 0 Å². The Morgan fingerprint density at radius 1 is 1.10 bits per heavy atom. The molecule has 96 valence electrons. The van der Waals surface area contributed by atoms with Gasteiger partial charge < -0.3 is 4.74 Å². The number of nitrogens with zero attached hydrogens (tertiary/aromatic N) is 4. The van der Waals surface area contributed by atoms with Gasteiger partial charge in [-0.2, -0.15) is 10.4 Å². The number of benzene rings is 1. The average Bonchev–Trinajstić information content (AvgIpc) is 3.02. The summed E-state index contributed by atoms with van der Waals surface area (Å²) in [6.07, 6.45) is 3.57. The average molecular weight is 262 g/mol. The van der Waals surface area contributed by atoms with Crippen LogP contribution in [-0.4, -0.2) is 14.8 Å². The minimum Gasteiger partial charge on any atom is -0.439 e. The SMILES string of the molecule is N#Cc1cccc(Oc2cccc(-n3cccn3)c2)n1. The lowest BCUT2D eigenvalue weighted by Crippen LogP contribution is -1.95. The van der Waals surface area contributed by atoms with Crippen LogP contribution in [0.3, 0.4) is 0 Å². The lowest BCUT2D eigenvalue weighted by molar-refractivity contribution is 0.462. The van der Waals surface area contributed by atoms with Crippen molar-refractivity contribution >= 4 is 0 Å². The van der Waals surface area contributed by atoms with Gasteiger partial charge in [-0.3, -0.25) is 0 Å². The zero-order chi connectivity index (χ0) is 13.8. The molecule has 0 fully saturated rings. The predicted octanol–water partition coefficient (Wildman–Crippen LogP) is 2.93. The fourth-order valence-corrected chi connectivity index (χ4v) is 1.77. The van der Waals surface area contributed by atoms with E-state index in [1.807, 2.05) is 42.6 Å². The molecule has 1 aromatic carbocycles. The minimum absolute atomic E-state index is 0.325. The van der Waals surface area contributed by atoms with Crippen LogP contribution in [0.1, 0.15) is 5.69 Å². The van der Waals surface area contributed by atoms with Crippen molar-refractivity contribution < 1.29 is 4.74 Å². The third-order valence-electron chi connectivity index (χ3n) is 2.65. The first-order valence-electron chi connectivity index (χ1n) is 6.00. The number of nitriles is 1. The number of aromatic nitrogens is 3. The van der Waals surface area contributed by atoms with Crippen molar-refractivity contribution in [3.8, 4) is 23.4 Å². The second kappa shape index (κ2) is 5.24. The molecule has 5 nitrogen and oxygen atoms in total. The highest BCUT2D eigenvalue weighted by molar-refractivity contribution is 5.40. The summed E-state index contributed by atoms with van der Waals surface area (Å²) in [4.78, 5) is 4.07. The van der Waals surface area contributed by atoms with E-state index in [0.29, 0.717) is 17.3 Å². The topological polar surface area (TPSA) is 63.7 Å². The lowest BCUT2D eigenvalue weighted by atomic mass is 10.3. The monoisotopic (exact) mass is 262 g/mol. The molecule has 0 bridgehead atoms. The lowest BCUT2D eigenvalue weighted by Gasteiger charge is -2.07. The molecule has 0 saturated carbocycles. The molecule has 0 unspecified atom stereocenters. The van der Waals surface area contributed by atoms with Gasteiger partial charge in [-0.05, 0) is 24.3 Å². The summed E-state index contributed by atoms with van der Waals surface area (Å²) in [6, 6.07) is 16.4. The van der Waals surface area contributed by atoms with E-state index in [9.17, 15) is 0 Å². The highest BCUT2D eigenvalue weighted by Gasteiger charge is 2.02. The molecule has 0 aliphatic heterocycles. The Hall–Kier alpha value is -3.13. The zero-order valence-corrected chi connectivity index (χ0v) is 10.5. The molecule has 0 saturated heterocycles. The first-order chi connectivity index (χ1) is 9.85. The summed E-state index contributed by atoms with van der Waals surface area (Å²) in [5.74, 6) is 1.03. The van der Waals surface area contributed by atoms with Crippen molar-refractivity contribution in [2.75, 3.05) is 0 Å². The number of hydrogen-bond acceptors (Lipinski definition) is 4. The van der Waals surface area contributed by atoms with Crippen molar-refractivity contribution in [2.45, 2.75) is 0 Å². The van der Waals surface area contributed by atoms with Crippen LogP contribution in [-0.2, 0) is 0 Å². The molecule has 2 aromatic heterocycles. The van der Waals surface area contributed by atoms with Crippen LogP contribution >= 0.6 is 0 Å². The van der Waals surface area contributed by atoms with Crippen LogP contribution in [0.5, 0.6) is 11.6 Å². The standard InChI is InChI=1S/C15H10N4O/c16-11-12-4-1-7-15(18-12)20-14-6-2-5-13(10-14)19-9-3-8-17-19/h1-10H. The van der Waals surface area contributed by atoms with E-state index < -0.39 is 0 Å². The van der Waals surface area contributed by atoms with Crippen LogP contribution in [0.15, 0.2) is 60.9 Å². The van der Waals surface area contributed by atoms with Gasteiger partial charge in [-0.25, -0.2) is 9.67 Å². The van der Waals surface area contributed by atoms with Gasteiger partial charge in [0, 0.05) is 24.5 Å². The fraction of sp³-hybridized carbons (Fsp3) is 0. The summed E-state index contributed by atoms with van der Waals surface area (Å²) >= 11 is 0. The van der Waals surface area contributed by atoms with Crippen molar-refractivity contribution in [1.82, 2.24) is 14.8 Å². The van der Waals surface area contributed by atoms with E-state index in [0.717, 1.165) is 5.69 Å². The Kier molecular flexibility index (Phi) is 3.13. The van der Waals surface area contributed by atoms with Gasteiger partial charge in [0.15, 0.2) is 0 Å². The molecule has 0 radical (unpaired) electrons. The summed E-state index contributed by atoms with van der Waals surface area (Å²) in [5.41, 5.74) is 1.22. The summed E-state index contributed by atoms with van der Waals surface area (Å²) in [5, 5.41) is 13.0. The van der Waals surface area contributed by atoms with Crippen molar-refractivity contribution in [1.29, 1.82) is 5.26 Å². The normalized spacial score (nSPS) is 9.95. The third kappa shape index (κ3) is 2.49. The molecule has 0 aliphatic rings. The van der Waals surface area contributed by atoms with Gasteiger partial charge in [0.25, 0.3) is 0 Å². The molecule has 3 aromatic rings. The quantitative estimate of drug-likeness (QED) is 0.728. The Morgan fingerprint density at radius 2 is 2.00 bits per heavy atom. The van der Waals surface area contributed by atoms with E-state index in [-0.39, 0.29) is 0 Å². The van der Waals surface area contributed by atoms with Gasteiger partial charge in [0.05, 0.1) is 5.69 Å². The van der Waals surface area contributed by atoms with Gasteiger partial charge in [0.2, 0.25) is 5.88 Å². The maximum Gasteiger partial charge on any atom is 0.220 e. The Balaban J connectivity index is 1.88. The van der Waals surface area contributed by atoms with Crippen molar-refractivity contribution in [2.24, 2.45) is 0 Å². The molecule has 2 heterocycles. The molecule has 3 rings (SSSR count). The predicted molar refractivity (Wildman–Crippen MR) is 72.6 cm³/mol. The first kappa shape index (κ1) is 11.9. The van der Waals surface area contributed by atoms with Crippen LogP contribution in [0.4, 0.5) is 0 Å². The molecular formula is C15H10N4O. The van der Waals surface area contributed by atoms with Gasteiger partial charge in [0.1, 0.15) is 17.5 Å². The molecule has 0 aliphatic carbocycles. The molecule has 0 spiro atoms. The van der Waals surface area contributed by atoms with E-state index >= 15 is 0 Å². The van der Waals surface area contributed by atoms with Gasteiger partial charge in [-0.1, -0.05) is 12.1 Å². The van der Waals surface area contributed by atoms with Crippen molar-refractivity contribution in [3.05, 3.63) is 66.6 Å². The summed E-state index contributed by atoms with van der Waals surface area (Å²) in [7, 11) is 0. The molecule has 0 N–H and O–H groups in total. The second-order valence-corrected chi connectivity index (χ2v) is 4.02. The summed E-state index contributed by atoms with van der Waals surface area (Å²) in [6.45, 7) is 0. The number of pyridine rings is 1. The van der Waals surface area contributed by atoms with Crippen LogP contribution < -0.4 is 4.74 Å². The number of ether oxygens (including phenoxy) is 1. The maximum absolute atomic E-state index is 8.82. The first-order valence-corrected chi connectivity index (χ1v) is 6.00. The zero-order valence-electron chi connectivity index (χ0n) is 10.5. The highest BCUT2D eigenvalue weighted by atomic mass is 16.5. The Morgan fingerprint density at radius 3 is 2.80 bits per heavy atom. The second-order valence-electron chi connectivity index (χ2n) is 4.02. The Bertz CT molecular complexity index is 760.